The summed E-state index contributed by atoms with van der Waals surface area (Å²) in [5.41, 5.74) is 0.233. The van der Waals surface area contributed by atoms with Gasteiger partial charge in [-0.1, -0.05) is 11.6 Å². The number of hydrogen-bond donors (Lipinski definition) is 2. The van der Waals surface area contributed by atoms with Crippen molar-refractivity contribution in [3.63, 3.8) is 0 Å². The van der Waals surface area contributed by atoms with Gasteiger partial charge in [0, 0.05) is 23.4 Å². The van der Waals surface area contributed by atoms with E-state index in [1.54, 1.807) is 12.1 Å². The van der Waals surface area contributed by atoms with E-state index in [2.05, 4.69) is 10.0 Å². The van der Waals surface area contributed by atoms with Gasteiger partial charge in [0.05, 0.1) is 34.1 Å². The average molecular weight is 504 g/mol. The SMILES string of the molecule is COc1ccc(NS(=O)(=O)c2ccc(Cl)c(NC(=O)CC(=O)c3ccc([N+](=O)[O-])cc3)c2)cc1. The third-order valence-electron chi connectivity index (χ3n) is 4.59. The number of ether oxygens (including phenoxy) is 1. The molecule has 0 saturated heterocycles. The second-order valence-corrected chi connectivity index (χ2v) is 9.02. The second kappa shape index (κ2) is 10.3. The van der Waals surface area contributed by atoms with E-state index in [1.165, 1.54) is 49.6 Å². The highest BCUT2D eigenvalue weighted by Gasteiger charge is 2.19. The summed E-state index contributed by atoms with van der Waals surface area (Å²) in [4.78, 5) is 34.6. The summed E-state index contributed by atoms with van der Waals surface area (Å²) in [5.74, 6) is -0.751. The van der Waals surface area contributed by atoms with Gasteiger partial charge < -0.3 is 10.1 Å². The van der Waals surface area contributed by atoms with E-state index in [9.17, 15) is 28.1 Å². The van der Waals surface area contributed by atoms with Crippen LogP contribution in [0.3, 0.4) is 0 Å². The van der Waals surface area contributed by atoms with Crippen LogP contribution < -0.4 is 14.8 Å². The molecule has 3 aromatic rings. The van der Waals surface area contributed by atoms with Crippen molar-refractivity contribution < 1.29 is 27.7 Å². The number of nitrogens with zero attached hydrogens (tertiary/aromatic N) is 1. The average Bonchev–Trinajstić information content (AvgIpc) is 2.80. The quantitative estimate of drug-likeness (QED) is 0.192. The number of sulfonamides is 1. The summed E-state index contributed by atoms with van der Waals surface area (Å²) < 4.78 is 32.9. The first-order valence-corrected chi connectivity index (χ1v) is 11.5. The Labute approximate surface area is 199 Å². The van der Waals surface area contributed by atoms with E-state index in [4.69, 9.17) is 16.3 Å². The monoisotopic (exact) mass is 503 g/mol. The summed E-state index contributed by atoms with van der Waals surface area (Å²) in [5, 5.41) is 13.2. The van der Waals surface area contributed by atoms with Gasteiger partial charge in [-0.3, -0.25) is 24.4 Å². The molecule has 3 rings (SSSR count). The normalized spacial score (nSPS) is 10.9. The van der Waals surface area contributed by atoms with Crippen molar-refractivity contribution in [3.8, 4) is 5.75 Å². The number of benzene rings is 3. The van der Waals surface area contributed by atoms with Gasteiger partial charge >= 0.3 is 0 Å². The molecule has 176 valence electrons. The maximum Gasteiger partial charge on any atom is 0.269 e. The van der Waals surface area contributed by atoms with Crippen molar-refractivity contribution in [1.29, 1.82) is 0 Å². The zero-order valence-corrected chi connectivity index (χ0v) is 19.2. The van der Waals surface area contributed by atoms with Crippen molar-refractivity contribution in [3.05, 3.63) is 87.4 Å². The maximum absolute atomic E-state index is 12.7. The van der Waals surface area contributed by atoms with E-state index >= 15 is 0 Å². The Hall–Kier alpha value is -3.96. The van der Waals surface area contributed by atoms with E-state index in [-0.39, 0.29) is 26.9 Å². The molecule has 0 aromatic heterocycles. The van der Waals surface area contributed by atoms with Crippen molar-refractivity contribution >= 4 is 50.4 Å². The third kappa shape index (κ3) is 6.09. The molecule has 0 aliphatic rings. The van der Waals surface area contributed by atoms with Crippen molar-refractivity contribution in [1.82, 2.24) is 0 Å². The Morgan fingerprint density at radius 3 is 2.26 bits per heavy atom. The number of amides is 1. The van der Waals surface area contributed by atoms with E-state index in [0.29, 0.717) is 11.4 Å². The minimum atomic E-state index is -4.01. The molecule has 0 heterocycles. The first-order chi connectivity index (χ1) is 16.1. The molecule has 34 heavy (non-hydrogen) atoms. The lowest BCUT2D eigenvalue weighted by Crippen LogP contribution is -2.18. The molecule has 10 nitrogen and oxygen atoms in total. The maximum atomic E-state index is 12.7. The second-order valence-electron chi connectivity index (χ2n) is 6.93. The minimum Gasteiger partial charge on any atom is -0.497 e. The van der Waals surface area contributed by atoms with E-state index in [1.807, 2.05) is 0 Å². The van der Waals surface area contributed by atoms with Gasteiger partial charge in [-0.25, -0.2) is 8.42 Å². The zero-order valence-electron chi connectivity index (χ0n) is 17.6. The Morgan fingerprint density at radius 1 is 1.03 bits per heavy atom. The smallest absolute Gasteiger partial charge is 0.269 e. The van der Waals surface area contributed by atoms with Crippen LogP contribution in [0.15, 0.2) is 71.6 Å². The van der Waals surface area contributed by atoms with Crippen LogP contribution in [-0.2, 0) is 14.8 Å². The zero-order chi connectivity index (χ0) is 24.9. The Balaban J connectivity index is 1.71. The fourth-order valence-electron chi connectivity index (χ4n) is 2.85. The van der Waals surface area contributed by atoms with E-state index in [0.717, 1.165) is 12.1 Å². The highest BCUT2D eigenvalue weighted by atomic mass is 35.5. The number of nitro groups is 1. The first-order valence-electron chi connectivity index (χ1n) is 9.63. The van der Waals surface area contributed by atoms with Crippen LogP contribution in [0.4, 0.5) is 17.1 Å². The van der Waals surface area contributed by atoms with Crippen molar-refractivity contribution in [2.75, 3.05) is 17.1 Å². The molecule has 1 amide bonds. The summed E-state index contributed by atoms with van der Waals surface area (Å²) in [6.07, 6.45) is -0.574. The van der Waals surface area contributed by atoms with Gasteiger partial charge in [-0.2, -0.15) is 0 Å². The predicted octanol–water partition coefficient (Wildman–Crippen LogP) is 4.27. The number of non-ortho nitro benzene ring substituents is 1. The van der Waals surface area contributed by atoms with Gasteiger partial charge in [-0.15, -0.1) is 0 Å². The number of carbonyl (C=O) groups excluding carboxylic acids is 2. The molecule has 0 unspecified atom stereocenters. The number of hydrogen-bond acceptors (Lipinski definition) is 7. The molecule has 12 heteroatoms. The fourth-order valence-corrected chi connectivity index (χ4v) is 4.10. The van der Waals surface area contributed by atoms with Crippen LogP contribution >= 0.6 is 11.6 Å². The number of nitrogens with one attached hydrogen (secondary N) is 2. The predicted molar refractivity (Wildman–Crippen MR) is 126 cm³/mol. The molecule has 0 bridgehead atoms. The van der Waals surface area contributed by atoms with Gasteiger partial charge in [-0.05, 0) is 54.6 Å². The molecule has 0 fully saturated rings. The Kier molecular flexibility index (Phi) is 7.49. The number of Topliss-reactive ketones (excluding diaryl/α,β-unsaturated/α-hetero) is 1. The van der Waals surface area contributed by atoms with Crippen LogP contribution in [0, 0.1) is 10.1 Å². The topological polar surface area (TPSA) is 145 Å². The highest BCUT2D eigenvalue weighted by molar-refractivity contribution is 7.92. The number of nitro benzene ring substituents is 1. The Bertz CT molecular complexity index is 1340. The van der Waals surface area contributed by atoms with Crippen LogP contribution in [0.5, 0.6) is 5.75 Å². The molecular formula is C22H18ClN3O7S. The molecule has 0 radical (unpaired) electrons. The molecule has 0 spiro atoms. The lowest BCUT2D eigenvalue weighted by molar-refractivity contribution is -0.384. The number of anilines is 2. The molecule has 2 N–H and O–H groups in total. The molecule has 0 aliphatic carbocycles. The van der Waals surface area contributed by atoms with Crippen molar-refractivity contribution in [2.24, 2.45) is 0 Å². The third-order valence-corrected chi connectivity index (χ3v) is 6.29. The number of methoxy groups -OCH3 is 1. The summed E-state index contributed by atoms with van der Waals surface area (Å²) >= 11 is 6.09. The molecule has 0 atom stereocenters. The molecule has 0 saturated carbocycles. The minimum absolute atomic E-state index is 0.000715. The summed E-state index contributed by atoms with van der Waals surface area (Å²) in [6, 6.07) is 14.8. The van der Waals surface area contributed by atoms with Crippen LogP contribution in [0.25, 0.3) is 0 Å². The standard InChI is InChI=1S/C22H18ClN3O7S/c1-33-17-8-4-15(5-9-17)25-34(31,32)18-10-11-19(23)20(12-18)24-22(28)13-21(27)14-2-6-16(7-3-14)26(29)30/h2-12,25H,13H2,1H3,(H,24,28). The highest BCUT2D eigenvalue weighted by Crippen LogP contribution is 2.27. The van der Waals surface area contributed by atoms with Gasteiger partial charge in [0.15, 0.2) is 5.78 Å². The Morgan fingerprint density at radius 2 is 1.68 bits per heavy atom. The number of rotatable bonds is 9. The number of carbonyl (C=O) groups is 2. The van der Waals surface area contributed by atoms with Gasteiger partial charge in [0.2, 0.25) is 5.91 Å². The lowest BCUT2D eigenvalue weighted by Gasteiger charge is -2.12. The lowest BCUT2D eigenvalue weighted by atomic mass is 10.1. The molecular weight excluding hydrogens is 486 g/mol. The summed E-state index contributed by atoms with van der Waals surface area (Å²) in [6.45, 7) is 0. The van der Waals surface area contributed by atoms with Crippen molar-refractivity contribution in [2.45, 2.75) is 11.3 Å². The largest absolute Gasteiger partial charge is 0.497 e. The van der Waals surface area contributed by atoms with Crippen LogP contribution in [-0.4, -0.2) is 32.1 Å². The number of ketones is 1. The van der Waals surface area contributed by atoms with E-state index < -0.39 is 33.1 Å². The molecule has 0 aliphatic heterocycles. The van der Waals surface area contributed by atoms with Gasteiger partial charge in [0.1, 0.15) is 5.75 Å². The van der Waals surface area contributed by atoms with Crippen LogP contribution in [0.1, 0.15) is 16.8 Å². The summed E-state index contributed by atoms with van der Waals surface area (Å²) in [7, 11) is -2.52. The first kappa shape index (κ1) is 24.7. The fraction of sp³-hybridized carbons (Fsp3) is 0.0909. The molecule has 3 aromatic carbocycles. The van der Waals surface area contributed by atoms with Crippen LogP contribution in [0.2, 0.25) is 5.02 Å². The number of halogens is 1. The van der Waals surface area contributed by atoms with Gasteiger partial charge in [0.25, 0.3) is 15.7 Å².